The predicted octanol–water partition coefficient (Wildman–Crippen LogP) is 3.52. The molecule has 24 heavy (non-hydrogen) atoms. The van der Waals surface area contributed by atoms with E-state index in [1.165, 1.54) is 0 Å². The lowest BCUT2D eigenvalue weighted by Crippen LogP contribution is -2.36. The fourth-order valence-corrected chi connectivity index (χ4v) is 3.18. The zero-order valence-electron chi connectivity index (χ0n) is 12.9. The molecule has 2 rings (SSSR count). The Morgan fingerprint density at radius 2 is 1.62 bits per heavy atom. The van der Waals surface area contributed by atoms with Crippen molar-refractivity contribution in [2.24, 2.45) is 0 Å². The van der Waals surface area contributed by atoms with Gasteiger partial charge in [0, 0.05) is 15.5 Å². The first kappa shape index (κ1) is 18.5. The smallest absolute Gasteiger partial charge is 0.313 e. The van der Waals surface area contributed by atoms with Crippen molar-refractivity contribution in [1.82, 2.24) is 5.32 Å². The topological polar surface area (TPSA) is 67.4 Å². The summed E-state index contributed by atoms with van der Waals surface area (Å²) in [5.41, 5.74) is 1.57. The van der Waals surface area contributed by atoms with Gasteiger partial charge in [0.15, 0.2) is 0 Å². The van der Waals surface area contributed by atoms with Gasteiger partial charge in [-0.25, -0.2) is 0 Å². The minimum atomic E-state index is -0.711. The molecule has 0 aliphatic carbocycles. The third-order valence-electron chi connectivity index (χ3n) is 3.27. The number of carbonyl (C=O) groups excluding carboxylic acids is 2. The van der Waals surface area contributed by atoms with E-state index in [1.807, 2.05) is 30.3 Å². The van der Waals surface area contributed by atoms with E-state index < -0.39 is 11.8 Å². The summed E-state index contributed by atoms with van der Waals surface area (Å²) in [4.78, 5) is 23.8. The second-order valence-electron chi connectivity index (χ2n) is 4.90. The number of ether oxygens (including phenoxy) is 1. The minimum Gasteiger partial charge on any atom is -0.497 e. The number of benzene rings is 2. The van der Waals surface area contributed by atoms with Crippen LogP contribution in [0.1, 0.15) is 5.56 Å². The molecule has 0 aliphatic rings. The lowest BCUT2D eigenvalue weighted by Gasteiger charge is -2.10. The van der Waals surface area contributed by atoms with E-state index >= 15 is 0 Å². The van der Waals surface area contributed by atoms with E-state index in [9.17, 15) is 9.59 Å². The number of para-hydroxylation sites is 1. The molecular formula is C17H16Br2N2O3. The number of methoxy groups -OCH3 is 1. The van der Waals surface area contributed by atoms with Crippen molar-refractivity contribution in [1.29, 1.82) is 0 Å². The summed E-state index contributed by atoms with van der Waals surface area (Å²) in [7, 11) is 1.61. The van der Waals surface area contributed by atoms with Gasteiger partial charge in [0.25, 0.3) is 0 Å². The summed E-state index contributed by atoms with van der Waals surface area (Å²) in [5, 5.41) is 5.19. The van der Waals surface area contributed by atoms with Crippen LogP contribution in [0.3, 0.4) is 0 Å². The average molecular weight is 456 g/mol. The largest absolute Gasteiger partial charge is 0.497 e. The van der Waals surface area contributed by atoms with Crippen LogP contribution in [0.4, 0.5) is 5.69 Å². The Hall–Kier alpha value is -1.86. The molecule has 126 valence electrons. The first-order valence-electron chi connectivity index (χ1n) is 7.17. The number of halogens is 2. The summed E-state index contributed by atoms with van der Waals surface area (Å²) in [6.45, 7) is 0.371. The molecular weight excluding hydrogens is 440 g/mol. The Morgan fingerprint density at radius 3 is 2.21 bits per heavy atom. The second kappa shape index (κ2) is 8.84. The van der Waals surface area contributed by atoms with Gasteiger partial charge in [0.2, 0.25) is 0 Å². The fourth-order valence-electron chi connectivity index (χ4n) is 1.98. The number of nitrogens with one attached hydrogen (secondary N) is 2. The number of rotatable bonds is 5. The van der Waals surface area contributed by atoms with Gasteiger partial charge < -0.3 is 15.4 Å². The average Bonchev–Trinajstić information content (AvgIpc) is 2.58. The maximum atomic E-state index is 12.0. The maximum Gasteiger partial charge on any atom is 0.313 e. The van der Waals surface area contributed by atoms with Crippen LogP contribution in [0.15, 0.2) is 51.4 Å². The van der Waals surface area contributed by atoms with Crippen LogP contribution in [0.5, 0.6) is 5.75 Å². The molecule has 0 radical (unpaired) electrons. The molecule has 0 atom stereocenters. The maximum absolute atomic E-state index is 12.0. The van der Waals surface area contributed by atoms with E-state index in [-0.39, 0.29) is 0 Å². The Bertz CT molecular complexity index is 713. The highest BCUT2D eigenvalue weighted by molar-refractivity contribution is 9.11. The highest BCUT2D eigenvalue weighted by atomic mass is 79.9. The Balaban J connectivity index is 1.84. The number of carbonyl (C=O) groups is 2. The van der Waals surface area contributed by atoms with E-state index in [4.69, 9.17) is 4.74 Å². The lowest BCUT2D eigenvalue weighted by atomic mass is 10.1. The molecule has 2 amide bonds. The van der Waals surface area contributed by atoms with Crippen molar-refractivity contribution >= 4 is 49.4 Å². The van der Waals surface area contributed by atoms with Gasteiger partial charge in [-0.3, -0.25) is 9.59 Å². The van der Waals surface area contributed by atoms with Gasteiger partial charge in [-0.2, -0.15) is 0 Å². The molecule has 0 unspecified atom stereocenters. The van der Waals surface area contributed by atoms with Crippen LogP contribution in [-0.2, 0) is 16.0 Å². The van der Waals surface area contributed by atoms with Gasteiger partial charge in [-0.15, -0.1) is 0 Å². The number of hydrogen-bond acceptors (Lipinski definition) is 3. The van der Waals surface area contributed by atoms with Crippen LogP contribution in [0.25, 0.3) is 0 Å². The molecule has 2 N–H and O–H groups in total. The van der Waals surface area contributed by atoms with Crippen molar-refractivity contribution < 1.29 is 14.3 Å². The van der Waals surface area contributed by atoms with E-state index in [0.717, 1.165) is 11.3 Å². The van der Waals surface area contributed by atoms with Crippen molar-refractivity contribution in [3.8, 4) is 5.75 Å². The number of anilines is 1. The van der Waals surface area contributed by atoms with Gasteiger partial charge in [0.1, 0.15) is 5.75 Å². The van der Waals surface area contributed by atoms with E-state index in [0.29, 0.717) is 27.6 Å². The summed E-state index contributed by atoms with van der Waals surface area (Å²) in [6, 6.07) is 12.9. The van der Waals surface area contributed by atoms with Crippen LogP contribution >= 0.6 is 31.9 Å². The zero-order valence-corrected chi connectivity index (χ0v) is 16.1. The molecule has 0 bridgehead atoms. The first-order valence-corrected chi connectivity index (χ1v) is 8.76. The predicted molar refractivity (Wildman–Crippen MR) is 100 cm³/mol. The summed E-state index contributed by atoms with van der Waals surface area (Å²) < 4.78 is 6.47. The van der Waals surface area contributed by atoms with Crippen molar-refractivity contribution in [3.05, 3.63) is 57.0 Å². The monoisotopic (exact) mass is 454 g/mol. The molecule has 0 aromatic heterocycles. The molecule has 2 aromatic rings. The zero-order chi connectivity index (χ0) is 17.5. The van der Waals surface area contributed by atoms with E-state index in [2.05, 4.69) is 42.5 Å². The molecule has 0 saturated carbocycles. The lowest BCUT2D eigenvalue weighted by molar-refractivity contribution is -0.136. The summed E-state index contributed by atoms with van der Waals surface area (Å²) in [5.74, 6) is -0.607. The van der Waals surface area contributed by atoms with Gasteiger partial charge >= 0.3 is 11.8 Å². The van der Waals surface area contributed by atoms with Gasteiger partial charge in [0.05, 0.1) is 12.8 Å². The molecule has 0 fully saturated rings. The van der Waals surface area contributed by atoms with Crippen LogP contribution in [0.2, 0.25) is 0 Å². The normalized spacial score (nSPS) is 10.1. The van der Waals surface area contributed by atoms with Crippen LogP contribution in [-0.4, -0.2) is 25.5 Å². The van der Waals surface area contributed by atoms with Crippen molar-refractivity contribution in [2.45, 2.75) is 6.42 Å². The highest BCUT2D eigenvalue weighted by Gasteiger charge is 2.16. The molecule has 2 aromatic carbocycles. The summed E-state index contributed by atoms with van der Waals surface area (Å²) >= 11 is 6.67. The number of hydrogen-bond donors (Lipinski definition) is 2. The van der Waals surface area contributed by atoms with Crippen LogP contribution < -0.4 is 15.4 Å². The van der Waals surface area contributed by atoms with Crippen molar-refractivity contribution in [3.63, 3.8) is 0 Å². The van der Waals surface area contributed by atoms with E-state index in [1.54, 1.807) is 19.2 Å². The third-order valence-corrected chi connectivity index (χ3v) is 4.59. The third kappa shape index (κ3) is 5.07. The Kier molecular flexibility index (Phi) is 6.81. The molecule has 0 heterocycles. The standard InChI is InChI=1S/C17H16Br2N2O3/c1-24-12-7-5-11(6-8-12)9-10-20-16(22)17(23)21-15-13(18)3-2-4-14(15)19/h2-8H,9-10H2,1H3,(H,20,22)(H,21,23). The SMILES string of the molecule is COc1ccc(CCNC(=O)C(=O)Nc2c(Br)cccc2Br)cc1. The minimum absolute atomic E-state index is 0.371. The summed E-state index contributed by atoms with van der Waals surface area (Å²) in [6.07, 6.45) is 0.627. The Labute approximate surface area is 157 Å². The molecule has 0 spiro atoms. The molecule has 0 saturated heterocycles. The molecule has 5 nitrogen and oxygen atoms in total. The van der Waals surface area contributed by atoms with Gasteiger partial charge in [-0.05, 0) is 68.1 Å². The molecule has 7 heteroatoms. The van der Waals surface area contributed by atoms with Crippen LogP contribution in [0, 0.1) is 0 Å². The number of amides is 2. The fraction of sp³-hybridized carbons (Fsp3) is 0.176. The van der Waals surface area contributed by atoms with Crippen molar-refractivity contribution in [2.75, 3.05) is 19.0 Å². The first-order chi connectivity index (χ1) is 11.5. The highest BCUT2D eigenvalue weighted by Crippen LogP contribution is 2.30. The second-order valence-corrected chi connectivity index (χ2v) is 6.61. The Morgan fingerprint density at radius 1 is 1.00 bits per heavy atom. The van der Waals surface area contributed by atoms with Gasteiger partial charge in [-0.1, -0.05) is 18.2 Å². The quantitative estimate of drug-likeness (QED) is 0.678. The molecule has 0 aliphatic heterocycles.